The minimum atomic E-state index is -3.08. The van der Waals surface area contributed by atoms with Gasteiger partial charge in [-0.15, -0.1) is 0 Å². The van der Waals surface area contributed by atoms with Crippen LogP contribution in [-0.4, -0.2) is 71.7 Å². The molecule has 1 aliphatic rings. The third-order valence-electron chi connectivity index (χ3n) is 3.69. The number of hydrogen-bond acceptors (Lipinski definition) is 5. The summed E-state index contributed by atoms with van der Waals surface area (Å²) in [5.74, 6) is -3.65. The van der Waals surface area contributed by atoms with Gasteiger partial charge in [-0.25, -0.2) is 22.4 Å². The van der Waals surface area contributed by atoms with E-state index < -0.39 is 22.0 Å². The Balaban J connectivity index is 0.000000487. The quantitative estimate of drug-likeness (QED) is 0.716. The molecule has 146 valence electrons. The highest BCUT2D eigenvalue weighted by Crippen LogP contribution is 2.12. The van der Waals surface area contributed by atoms with E-state index in [2.05, 4.69) is 4.90 Å². The number of carboxylic acid groups (broad SMARTS) is 2. The first-order chi connectivity index (χ1) is 12.2. The van der Waals surface area contributed by atoms with Gasteiger partial charge in [0.05, 0.1) is 5.75 Å². The van der Waals surface area contributed by atoms with Crippen molar-refractivity contribution in [3.63, 3.8) is 0 Å². The van der Waals surface area contributed by atoms with Gasteiger partial charge in [0, 0.05) is 32.7 Å². The Morgan fingerprint density at radius 3 is 1.96 bits per heavy atom. The van der Waals surface area contributed by atoms with Crippen LogP contribution in [0.4, 0.5) is 4.39 Å². The zero-order chi connectivity index (χ0) is 19.7. The molecule has 0 spiro atoms. The van der Waals surface area contributed by atoms with Crippen LogP contribution in [0.15, 0.2) is 24.3 Å². The van der Waals surface area contributed by atoms with E-state index in [1.807, 2.05) is 6.92 Å². The zero-order valence-electron chi connectivity index (χ0n) is 14.5. The Bertz CT molecular complexity index is 688. The monoisotopic (exact) mass is 390 g/mol. The Labute approximate surface area is 151 Å². The minimum absolute atomic E-state index is 0.227. The molecule has 1 aromatic rings. The van der Waals surface area contributed by atoms with Crippen LogP contribution in [0.3, 0.4) is 0 Å². The third kappa shape index (κ3) is 7.46. The molecular weight excluding hydrogens is 367 g/mol. The molecule has 0 unspecified atom stereocenters. The summed E-state index contributed by atoms with van der Waals surface area (Å²) >= 11 is 0. The van der Waals surface area contributed by atoms with Gasteiger partial charge >= 0.3 is 11.9 Å². The number of hydrogen-bond donors (Lipinski definition) is 2. The lowest BCUT2D eigenvalue weighted by atomic mass is 10.2. The van der Waals surface area contributed by atoms with Gasteiger partial charge in [0.1, 0.15) is 5.82 Å². The smallest absolute Gasteiger partial charge is 0.414 e. The van der Waals surface area contributed by atoms with Crippen molar-refractivity contribution in [1.82, 2.24) is 9.21 Å². The minimum Gasteiger partial charge on any atom is -0.473 e. The predicted octanol–water partition coefficient (Wildman–Crippen LogP) is 0.839. The SMILES string of the molecule is CCCS(=O)(=O)N1CCN(Cc2ccc(F)cc2)CC1.O=C(O)C(=O)O. The van der Waals surface area contributed by atoms with Crippen LogP contribution >= 0.6 is 0 Å². The molecule has 0 amide bonds. The molecule has 2 N–H and O–H groups in total. The number of rotatable bonds is 5. The Morgan fingerprint density at radius 2 is 1.54 bits per heavy atom. The molecule has 1 aromatic carbocycles. The van der Waals surface area contributed by atoms with Crippen molar-refractivity contribution < 1.29 is 32.6 Å². The number of aliphatic carboxylic acids is 2. The molecule has 10 heteroatoms. The molecule has 0 aromatic heterocycles. The van der Waals surface area contributed by atoms with Crippen LogP contribution in [0, 0.1) is 5.82 Å². The molecule has 0 bridgehead atoms. The van der Waals surface area contributed by atoms with Gasteiger partial charge in [0.2, 0.25) is 10.0 Å². The van der Waals surface area contributed by atoms with Crippen LogP contribution in [-0.2, 0) is 26.2 Å². The normalized spacial score (nSPS) is 15.8. The molecule has 1 saturated heterocycles. The van der Waals surface area contributed by atoms with E-state index in [4.69, 9.17) is 19.8 Å². The van der Waals surface area contributed by atoms with Crippen molar-refractivity contribution in [3.05, 3.63) is 35.6 Å². The maximum Gasteiger partial charge on any atom is 0.414 e. The molecular formula is C16H23FN2O6S. The average molecular weight is 390 g/mol. The van der Waals surface area contributed by atoms with Crippen LogP contribution in [0.1, 0.15) is 18.9 Å². The van der Waals surface area contributed by atoms with Crippen molar-refractivity contribution >= 4 is 22.0 Å². The van der Waals surface area contributed by atoms with Crippen molar-refractivity contribution in [1.29, 1.82) is 0 Å². The van der Waals surface area contributed by atoms with E-state index in [1.54, 1.807) is 16.4 Å². The molecule has 8 nitrogen and oxygen atoms in total. The maximum absolute atomic E-state index is 12.8. The fraction of sp³-hybridized carbons (Fsp3) is 0.500. The summed E-state index contributed by atoms with van der Waals surface area (Å²) < 4.78 is 38.3. The van der Waals surface area contributed by atoms with Crippen molar-refractivity contribution in [2.24, 2.45) is 0 Å². The average Bonchev–Trinajstić information content (AvgIpc) is 2.58. The van der Waals surface area contributed by atoms with Gasteiger partial charge in [-0.3, -0.25) is 4.90 Å². The first kappa shape index (κ1) is 22.0. The summed E-state index contributed by atoms with van der Waals surface area (Å²) in [6.07, 6.45) is 0.651. The Kier molecular flexibility index (Phi) is 8.62. The summed E-state index contributed by atoms with van der Waals surface area (Å²) in [6, 6.07) is 6.46. The fourth-order valence-electron chi connectivity index (χ4n) is 2.40. The number of sulfonamides is 1. The Hall–Kier alpha value is -2.04. The molecule has 0 aliphatic carbocycles. The highest BCUT2D eigenvalue weighted by atomic mass is 32.2. The Morgan fingerprint density at radius 1 is 1.04 bits per heavy atom. The van der Waals surface area contributed by atoms with Crippen LogP contribution in [0.2, 0.25) is 0 Å². The number of carbonyl (C=O) groups is 2. The summed E-state index contributed by atoms with van der Waals surface area (Å²) in [4.78, 5) is 20.4. The lowest BCUT2D eigenvalue weighted by molar-refractivity contribution is -0.159. The first-order valence-corrected chi connectivity index (χ1v) is 9.67. The van der Waals surface area contributed by atoms with Gasteiger partial charge in [-0.05, 0) is 24.1 Å². The maximum atomic E-state index is 12.8. The number of nitrogens with zero attached hydrogens (tertiary/aromatic N) is 2. The zero-order valence-corrected chi connectivity index (χ0v) is 15.3. The molecule has 1 heterocycles. The second-order valence-corrected chi connectivity index (χ2v) is 7.82. The van der Waals surface area contributed by atoms with E-state index in [1.165, 1.54) is 12.1 Å². The van der Waals surface area contributed by atoms with E-state index >= 15 is 0 Å². The molecule has 0 atom stereocenters. The summed E-state index contributed by atoms with van der Waals surface area (Å²) in [5, 5.41) is 14.8. The molecule has 0 radical (unpaired) electrons. The molecule has 1 fully saturated rings. The number of halogens is 1. The van der Waals surface area contributed by atoms with Gasteiger partial charge in [0.15, 0.2) is 0 Å². The van der Waals surface area contributed by atoms with E-state index in [9.17, 15) is 12.8 Å². The van der Waals surface area contributed by atoms with E-state index in [-0.39, 0.29) is 11.6 Å². The fourth-order valence-corrected chi connectivity index (χ4v) is 3.89. The lowest BCUT2D eigenvalue weighted by Crippen LogP contribution is -2.48. The summed E-state index contributed by atoms with van der Waals surface area (Å²) in [7, 11) is -3.08. The molecule has 26 heavy (non-hydrogen) atoms. The van der Waals surface area contributed by atoms with Crippen LogP contribution in [0.5, 0.6) is 0 Å². The second kappa shape index (κ2) is 10.2. The van der Waals surface area contributed by atoms with Crippen LogP contribution < -0.4 is 0 Å². The summed E-state index contributed by atoms with van der Waals surface area (Å²) in [6.45, 7) is 5.15. The van der Waals surface area contributed by atoms with Gasteiger partial charge in [-0.1, -0.05) is 19.1 Å². The van der Waals surface area contributed by atoms with Crippen molar-refractivity contribution in [3.8, 4) is 0 Å². The van der Waals surface area contributed by atoms with Crippen molar-refractivity contribution in [2.75, 3.05) is 31.9 Å². The molecule has 2 rings (SSSR count). The number of benzene rings is 1. The van der Waals surface area contributed by atoms with Gasteiger partial charge in [-0.2, -0.15) is 4.31 Å². The second-order valence-electron chi connectivity index (χ2n) is 5.73. The first-order valence-electron chi connectivity index (χ1n) is 8.06. The van der Waals surface area contributed by atoms with Gasteiger partial charge < -0.3 is 10.2 Å². The van der Waals surface area contributed by atoms with Crippen LogP contribution in [0.25, 0.3) is 0 Å². The lowest BCUT2D eigenvalue weighted by Gasteiger charge is -2.34. The van der Waals surface area contributed by atoms with Gasteiger partial charge in [0.25, 0.3) is 0 Å². The van der Waals surface area contributed by atoms with E-state index in [0.717, 1.165) is 25.2 Å². The number of carboxylic acids is 2. The standard InChI is InChI=1S/C14H21FN2O2S.C2H2O4/c1-2-11-20(18,19)17-9-7-16(8-10-17)12-13-3-5-14(15)6-4-13;3-1(4)2(5)6/h3-6H,2,7-12H2,1H3;(H,3,4)(H,5,6). The largest absolute Gasteiger partial charge is 0.473 e. The topological polar surface area (TPSA) is 115 Å². The van der Waals surface area contributed by atoms with E-state index in [0.29, 0.717) is 19.5 Å². The summed E-state index contributed by atoms with van der Waals surface area (Å²) in [5.41, 5.74) is 1.05. The van der Waals surface area contributed by atoms with Crippen molar-refractivity contribution in [2.45, 2.75) is 19.9 Å². The molecule has 0 saturated carbocycles. The third-order valence-corrected chi connectivity index (χ3v) is 5.77. The highest BCUT2D eigenvalue weighted by Gasteiger charge is 2.25. The highest BCUT2D eigenvalue weighted by molar-refractivity contribution is 7.89. The molecule has 1 aliphatic heterocycles. The number of piperazine rings is 1. The predicted molar refractivity (Wildman–Crippen MR) is 92.6 cm³/mol.